The summed E-state index contributed by atoms with van der Waals surface area (Å²) in [7, 11) is 0. The van der Waals surface area contributed by atoms with Gasteiger partial charge in [0.1, 0.15) is 23.3 Å². The van der Waals surface area contributed by atoms with E-state index in [9.17, 15) is 8.78 Å². The standard InChI is InChI=1S/C19H22F2N4/c1-13-22-18(14-2-3-14)11-19(23-13)25-8-6-24(7-9-25)12-15-4-5-16(20)10-17(15)21/h4-5,10-11,14H,2-3,6-9,12H2,1H3. The van der Waals surface area contributed by atoms with Crippen molar-refractivity contribution >= 4 is 5.82 Å². The number of halogens is 2. The highest BCUT2D eigenvalue weighted by Crippen LogP contribution is 2.39. The number of aromatic nitrogens is 2. The molecule has 0 unspecified atom stereocenters. The SMILES string of the molecule is Cc1nc(C2CC2)cc(N2CCN(Cc3ccc(F)cc3F)CC2)n1. The van der Waals surface area contributed by atoms with E-state index >= 15 is 0 Å². The third kappa shape index (κ3) is 3.79. The molecule has 1 aromatic carbocycles. The van der Waals surface area contributed by atoms with Crippen LogP contribution in [0.25, 0.3) is 0 Å². The number of anilines is 1. The summed E-state index contributed by atoms with van der Waals surface area (Å²) in [6.07, 6.45) is 2.46. The molecule has 2 aliphatic rings. The second-order valence-electron chi connectivity index (χ2n) is 6.97. The van der Waals surface area contributed by atoms with E-state index in [1.165, 1.54) is 30.7 Å². The first-order valence-electron chi connectivity index (χ1n) is 8.85. The Kier molecular flexibility index (Phi) is 4.37. The lowest BCUT2D eigenvalue weighted by Gasteiger charge is -2.35. The predicted molar refractivity (Wildman–Crippen MR) is 92.6 cm³/mol. The highest BCUT2D eigenvalue weighted by Gasteiger charge is 2.27. The number of benzene rings is 1. The Morgan fingerprint density at radius 3 is 2.48 bits per heavy atom. The molecule has 1 saturated heterocycles. The fourth-order valence-corrected chi connectivity index (χ4v) is 3.35. The molecule has 1 aliphatic carbocycles. The average Bonchev–Trinajstić information content (AvgIpc) is 3.43. The molecule has 4 rings (SSSR count). The van der Waals surface area contributed by atoms with Gasteiger partial charge in [-0.1, -0.05) is 6.07 Å². The zero-order valence-corrected chi connectivity index (χ0v) is 14.4. The maximum Gasteiger partial charge on any atom is 0.132 e. The summed E-state index contributed by atoms with van der Waals surface area (Å²) < 4.78 is 26.8. The maximum atomic E-state index is 13.8. The van der Waals surface area contributed by atoms with Crippen LogP contribution in [0, 0.1) is 18.6 Å². The van der Waals surface area contributed by atoms with Crippen LogP contribution in [-0.2, 0) is 6.54 Å². The highest BCUT2D eigenvalue weighted by molar-refractivity contribution is 5.42. The number of piperazine rings is 1. The van der Waals surface area contributed by atoms with Crippen molar-refractivity contribution in [3.63, 3.8) is 0 Å². The topological polar surface area (TPSA) is 32.3 Å². The molecule has 1 aliphatic heterocycles. The molecule has 0 atom stereocenters. The Morgan fingerprint density at radius 1 is 1.04 bits per heavy atom. The zero-order chi connectivity index (χ0) is 17.4. The number of hydrogen-bond donors (Lipinski definition) is 0. The van der Waals surface area contributed by atoms with Crippen molar-refractivity contribution < 1.29 is 8.78 Å². The van der Waals surface area contributed by atoms with Gasteiger partial charge in [-0.3, -0.25) is 4.90 Å². The molecular weight excluding hydrogens is 322 g/mol. The monoisotopic (exact) mass is 344 g/mol. The van der Waals surface area contributed by atoms with Crippen LogP contribution >= 0.6 is 0 Å². The van der Waals surface area contributed by atoms with Gasteiger partial charge in [0, 0.05) is 62.0 Å². The molecule has 0 radical (unpaired) electrons. The van der Waals surface area contributed by atoms with Crippen LogP contribution in [0.5, 0.6) is 0 Å². The van der Waals surface area contributed by atoms with E-state index in [0.717, 1.165) is 43.9 Å². The van der Waals surface area contributed by atoms with E-state index in [4.69, 9.17) is 0 Å². The van der Waals surface area contributed by atoms with Crippen molar-refractivity contribution in [1.29, 1.82) is 0 Å². The predicted octanol–water partition coefficient (Wildman–Crippen LogP) is 3.26. The number of rotatable bonds is 4. The van der Waals surface area contributed by atoms with Crippen molar-refractivity contribution in [3.8, 4) is 0 Å². The first-order valence-corrected chi connectivity index (χ1v) is 8.85. The van der Waals surface area contributed by atoms with Gasteiger partial charge in [0.05, 0.1) is 0 Å². The van der Waals surface area contributed by atoms with Crippen LogP contribution in [0.4, 0.5) is 14.6 Å². The van der Waals surface area contributed by atoms with E-state index in [2.05, 4.69) is 25.8 Å². The van der Waals surface area contributed by atoms with Crippen molar-refractivity contribution in [2.24, 2.45) is 0 Å². The van der Waals surface area contributed by atoms with Crippen LogP contribution in [-0.4, -0.2) is 41.0 Å². The minimum atomic E-state index is -0.531. The molecule has 4 nitrogen and oxygen atoms in total. The molecule has 25 heavy (non-hydrogen) atoms. The molecule has 6 heteroatoms. The van der Waals surface area contributed by atoms with Crippen LogP contribution in [0.1, 0.15) is 35.8 Å². The molecule has 0 bridgehead atoms. The summed E-state index contributed by atoms with van der Waals surface area (Å²) in [5, 5.41) is 0. The van der Waals surface area contributed by atoms with Gasteiger partial charge >= 0.3 is 0 Å². The molecule has 0 amide bonds. The highest BCUT2D eigenvalue weighted by atomic mass is 19.1. The maximum absolute atomic E-state index is 13.8. The third-order valence-electron chi connectivity index (χ3n) is 4.95. The van der Waals surface area contributed by atoms with Crippen molar-refractivity contribution in [1.82, 2.24) is 14.9 Å². The van der Waals surface area contributed by atoms with Crippen molar-refractivity contribution in [2.45, 2.75) is 32.2 Å². The fraction of sp³-hybridized carbons (Fsp3) is 0.474. The smallest absolute Gasteiger partial charge is 0.132 e. The van der Waals surface area contributed by atoms with E-state index in [-0.39, 0.29) is 0 Å². The lowest BCUT2D eigenvalue weighted by Crippen LogP contribution is -2.46. The van der Waals surface area contributed by atoms with Gasteiger partial charge in [-0.15, -0.1) is 0 Å². The second-order valence-corrected chi connectivity index (χ2v) is 6.97. The molecule has 0 N–H and O–H groups in total. The Labute approximate surface area is 146 Å². The van der Waals surface area contributed by atoms with Crippen LogP contribution in [0.2, 0.25) is 0 Å². The third-order valence-corrected chi connectivity index (χ3v) is 4.95. The lowest BCUT2D eigenvalue weighted by atomic mass is 10.1. The van der Waals surface area contributed by atoms with E-state index in [1.807, 2.05) is 6.92 Å². The first kappa shape index (κ1) is 16.4. The number of aryl methyl sites for hydroxylation is 1. The van der Waals surface area contributed by atoms with Gasteiger partial charge in [0.25, 0.3) is 0 Å². The van der Waals surface area contributed by atoms with Gasteiger partial charge in [0.15, 0.2) is 0 Å². The van der Waals surface area contributed by atoms with Gasteiger partial charge < -0.3 is 4.90 Å². The van der Waals surface area contributed by atoms with Crippen LogP contribution in [0.15, 0.2) is 24.3 Å². The fourth-order valence-electron chi connectivity index (χ4n) is 3.35. The normalized spacial score (nSPS) is 18.6. The molecule has 2 heterocycles. The minimum Gasteiger partial charge on any atom is -0.354 e. The quantitative estimate of drug-likeness (QED) is 0.852. The van der Waals surface area contributed by atoms with Crippen molar-refractivity contribution in [3.05, 3.63) is 53.0 Å². The zero-order valence-electron chi connectivity index (χ0n) is 14.4. The molecule has 1 aromatic heterocycles. The Bertz CT molecular complexity index is 768. The molecule has 0 spiro atoms. The summed E-state index contributed by atoms with van der Waals surface area (Å²) in [6.45, 7) is 5.82. The van der Waals surface area contributed by atoms with Crippen LogP contribution in [0.3, 0.4) is 0 Å². The van der Waals surface area contributed by atoms with E-state index < -0.39 is 11.6 Å². The summed E-state index contributed by atoms with van der Waals surface area (Å²) in [4.78, 5) is 13.6. The molecular formula is C19H22F2N4. The molecule has 1 saturated carbocycles. The number of hydrogen-bond acceptors (Lipinski definition) is 4. The Hall–Kier alpha value is -2.08. The summed E-state index contributed by atoms with van der Waals surface area (Å²) in [5.74, 6) is 1.44. The Morgan fingerprint density at radius 2 is 1.80 bits per heavy atom. The largest absolute Gasteiger partial charge is 0.354 e. The van der Waals surface area contributed by atoms with Crippen LogP contribution < -0.4 is 4.90 Å². The van der Waals surface area contributed by atoms with E-state index in [1.54, 1.807) is 0 Å². The van der Waals surface area contributed by atoms with E-state index in [0.29, 0.717) is 18.0 Å². The minimum absolute atomic E-state index is 0.470. The summed E-state index contributed by atoms with van der Waals surface area (Å²) in [6, 6.07) is 5.93. The summed E-state index contributed by atoms with van der Waals surface area (Å²) in [5.41, 5.74) is 1.71. The Balaban J connectivity index is 1.40. The second kappa shape index (κ2) is 6.67. The molecule has 2 fully saturated rings. The van der Waals surface area contributed by atoms with Gasteiger partial charge in [-0.25, -0.2) is 18.7 Å². The van der Waals surface area contributed by atoms with Gasteiger partial charge in [-0.05, 0) is 25.8 Å². The van der Waals surface area contributed by atoms with Gasteiger partial charge in [0.2, 0.25) is 0 Å². The average molecular weight is 344 g/mol. The molecule has 132 valence electrons. The lowest BCUT2D eigenvalue weighted by molar-refractivity contribution is 0.246. The number of nitrogens with zero attached hydrogens (tertiary/aromatic N) is 4. The first-order chi connectivity index (χ1) is 12.1. The molecule has 2 aromatic rings. The van der Waals surface area contributed by atoms with Gasteiger partial charge in [-0.2, -0.15) is 0 Å². The van der Waals surface area contributed by atoms with Crippen molar-refractivity contribution in [2.75, 3.05) is 31.1 Å². The summed E-state index contributed by atoms with van der Waals surface area (Å²) >= 11 is 0.